The summed E-state index contributed by atoms with van der Waals surface area (Å²) in [4.78, 5) is 4.75. The highest BCUT2D eigenvalue weighted by molar-refractivity contribution is 7.92. The molecule has 1 atom stereocenters. The Hall–Kier alpha value is -2.96. The van der Waals surface area contributed by atoms with E-state index in [9.17, 15) is 21.9 Å². The Kier molecular flexibility index (Phi) is 7.15. The molecule has 0 unspecified atom stereocenters. The molecular weight excluding hydrogens is 500 g/mol. The summed E-state index contributed by atoms with van der Waals surface area (Å²) in [5.74, 6) is -0.125. The van der Waals surface area contributed by atoms with Crippen LogP contribution in [0.5, 0.6) is 0 Å². The van der Waals surface area contributed by atoms with Gasteiger partial charge in [-0.25, -0.2) is 31.7 Å². The van der Waals surface area contributed by atoms with Crippen LogP contribution in [0.15, 0.2) is 40.6 Å². The molecule has 0 radical (unpaired) electrons. The number of hydrogen-bond acceptors (Lipinski definition) is 11. The van der Waals surface area contributed by atoms with E-state index in [4.69, 9.17) is 10.9 Å². The molecule has 0 bridgehead atoms. The van der Waals surface area contributed by atoms with Crippen LogP contribution >= 0.6 is 0 Å². The van der Waals surface area contributed by atoms with E-state index in [1.807, 2.05) is 15.7 Å². The maximum atomic E-state index is 13.0. The summed E-state index contributed by atoms with van der Waals surface area (Å²) in [5.41, 5.74) is 5.66. The first-order valence-electron chi connectivity index (χ1n) is 10.7. The Morgan fingerprint density at radius 1 is 1.23 bits per heavy atom. The van der Waals surface area contributed by atoms with E-state index >= 15 is 0 Å². The first-order valence-corrected chi connectivity index (χ1v) is 13.7. The van der Waals surface area contributed by atoms with E-state index in [-0.39, 0.29) is 24.0 Å². The maximum Gasteiger partial charge on any atom is 0.242 e. The summed E-state index contributed by atoms with van der Waals surface area (Å²) in [6, 6.07) is 2.88. The molecule has 0 spiro atoms. The lowest BCUT2D eigenvalue weighted by Gasteiger charge is -2.35. The van der Waals surface area contributed by atoms with Crippen molar-refractivity contribution in [2.75, 3.05) is 31.1 Å². The molecule has 190 valence electrons. The molecule has 0 amide bonds. The topological polar surface area (TPSA) is 228 Å². The van der Waals surface area contributed by atoms with Gasteiger partial charge in [0.25, 0.3) is 0 Å². The van der Waals surface area contributed by atoms with Gasteiger partial charge in [-0.3, -0.25) is 0 Å². The molecule has 0 aliphatic carbocycles. The number of nitrogens with two attached hydrogens (primary N) is 2. The molecule has 1 aromatic carbocycles. The van der Waals surface area contributed by atoms with Gasteiger partial charge >= 0.3 is 0 Å². The molecule has 17 heteroatoms. The number of aliphatic hydroxyl groups excluding tert-OH is 1. The van der Waals surface area contributed by atoms with Crippen LogP contribution in [0.3, 0.4) is 0 Å². The molecule has 0 saturated carbocycles. The highest BCUT2D eigenvalue weighted by Crippen LogP contribution is 2.39. The zero-order chi connectivity index (χ0) is 25.2. The van der Waals surface area contributed by atoms with Gasteiger partial charge in [0.2, 0.25) is 25.9 Å². The summed E-state index contributed by atoms with van der Waals surface area (Å²) in [5, 5.41) is 28.8. The van der Waals surface area contributed by atoms with Gasteiger partial charge in [0, 0.05) is 50.3 Å². The standard InChI is InChI=1S/C18H26N10O5S2/c19-9-13(29)10-22-35(32,33)15-2-1-14(16(17(15)34(20,30)31)18-23-25-26-24-18)27-6-3-12(4-7-27)28-8-5-21-11-28/h1-2,5,8,11-13,22,29H,3-4,6-7,9-10,19H2,(H2,20,30,31)(H,23,24,25,26)/t13-/m1/s1. The second kappa shape index (κ2) is 9.96. The number of anilines is 1. The van der Waals surface area contributed by atoms with Crippen molar-refractivity contribution in [3.63, 3.8) is 0 Å². The molecule has 1 aliphatic heterocycles. The molecule has 3 aromatic rings. The van der Waals surface area contributed by atoms with Crippen LogP contribution in [0.2, 0.25) is 0 Å². The fourth-order valence-electron chi connectivity index (χ4n) is 4.05. The van der Waals surface area contributed by atoms with E-state index in [2.05, 4.69) is 30.3 Å². The molecule has 2 aromatic heterocycles. The Morgan fingerprint density at radius 2 is 1.97 bits per heavy atom. The Bertz CT molecular complexity index is 1350. The number of aliphatic hydroxyl groups is 1. The minimum atomic E-state index is -4.59. The first-order chi connectivity index (χ1) is 16.6. The van der Waals surface area contributed by atoms with Crippen molar-refractivity contribution >= 4 is 25.7 Å². The molecule has 3 heterocycles. The van der Waals surface area contributed by atoms with E-state index in [1.165, 1.54) is 6.07 Å². The SMILES string of the molecule is NC[C@@H](O)CNS(=O)(=O)c1ccc(N2CCC(n3ccnc3)CC2)c(-c2nn[nH]n2)c1S(N)(=O)=O. The summed E-state index contributed by atoms with van der Waals surface area (Å²) in [7, 11) is -9.01. The lowest BCUT2D eigenvalue weighted by atomic mass is 10.0. The third kappa shape index (κ3) is 5.34. The van der Waals surface area contributed by atoms with Crippen molar-refractivity contribution in [3.05, 3.63) is 30.9 Å². The fourth-order valence-corrected chi connectivity index (χ4v) is 6.72. The third-order valence-electron chi connectivity index (χ3n) is 5.78. The van der Waals surface area contributed by atoms with Crippen molar-refractivity contribution in [1.82, 2.24) is 34.9 Å². The molecule has 1 saturated heterocycles. The number of aromatic amines is 1. The monoisotopic (exact) mass is 526 g/mol. The number of nitrogens with one attached hydrogen (secondary N) is 2. The average molecular weight is 527 g/mol. The van der Waals surface area contributed by atoms with Crippen molar-refractivity contribution in [2.45, 2.75) is 34.8 Å². The van der Waals surface area contributed by atoms with Gasteiger partial charge in [0.05, 0.1) is 18.0 Å². The number of sulfonamides is 2. The first kappa shape index (κ1) is 25.1. The van der Waals surface area contributed by atoms with Gasteiger partial charge in [-0.15, -0.1) is 10.2 Å². The second-order valence-electron chi connectivity index (χ2n) is 8.04. The van der Waals surface area contributed by atoms with Crippen LogP contribution in [0.25, 0.3) is 11.4 Å². The average Bonchev–Trinajstić information content (AvgIpc) is 3.56. The van der Waals surface area contributed by atoms with Crippen molar-refractivity contribution < 1.29 is 21.9 Å². The Labute approximate surface area is 201 Å². The quantitative estimate of drug-likeness (QED) is 0.208. The summed E-state index contributed by atoms with van der Waals surface area (Å²) < 4.78 is 55.8. The molecule has 35 heavy (non-hydrogen) atoms. The molecule has 1 aliphatic rings. The normalized spacial score (nSPS) is 16.5. The maximum absolute atomic E-state index is 13.0. The van der Waals surface area contributed by atoms with Crippen LogP contribution in [-0.2, 0) is 20.0 Å². The van der Waals surface area contributed by atoms with Crippen LogP contribution in [0.1, 0.15) is 18.9 Å². The highest BCUT2D eigenvalue weighted by Gasteiger charge is 2.34. The number of benzene rings is 1. The van der Waals surface area contributed by atoms with Gasteiger partial charge in [-0.1, -0.05) is 0 Å². The molecule has 4 rings (SSSR count). The van der Waals surface area contributed by atoms with Crippen LogP contribution < -0.4 is 20.5 Å². The summed E-state index contributed by atoms with van der Waals surface area (Å²) in [6.45, 7) is 0.492. The largest absolute Gasteiger partial charge is 0.390 e. The number of primary sulfonamides is 1. The molecule has 7 N–H and O–H groups in total. The zero-order valence-corrected chi connectivity index (χ0v) is 20.2. The number of H-pyrrole nitrogens is 1. The van der Waals surface area contributed by atoms with Gasteiger partial charge in [-0.05, 0) is 30.2 Å². The fraction of sp³-hybridized carbons (Fsp3) is 0.444. The third-order valence-corrected chi connectivity index (χ3v) is 8.36. The van der Waals surface area contributed by atoms with Crippen LogP contribution in [0, 0.1) is 0 Å². The smallest absolute Gasteiger partial charge is 0.242 e. The number of aromatic nitrogens is 6. The Morgan fingerprint density at radius 3 is 2.54 bits per heavy atom. The molecule has 15 nitrogen and oxygen atoms in total. The predicted octanol–water partition coefficient (Wildman–Crippen LogP) is -1.85. The lowest BCUT2D eigenvalue weighted by Crippen LogP contribution is -2.37. The van der Waals surface area contributed by atoms with Crippen LogP contribution in [-0.4, -0.2) is 84.4 Å². The van der Waals surface area contributed by atoms with E-state index in [0.717, 1.165) is 18.9 Å². The van der Waals surface area contributed by atoms with E-state index in [0.29, 0.717) is 18.8 Å². The number of nitrogens with zero attached hydrogens (tertiary/aromatic N) is 6. The summed E-state index contributed by atoms with van der Waals surface area (Å²) >= 11 is 0. The highest BCUT2D eigenvalue weighted by atomic mass is 32.2. The Balaban J connectivity index is 1.79. The van der Waals surface area contributed by atoms with E-state index in [1.54, 1.807) is 12.5 Å². The molecular formula is C18H26N10O5S2. The van der Waals surface area contributed by atoms with Gasteiger partial charge < -0.3 is 20.3 Å². The van der Waals surface area contributed by atoms with Gasteiger partial charge in [0.15, 0.2) is 0 Å². The van der Waals surface area contributed by atoms with Gasteiger partial charge in [-0.2, -0.15) is 5.21 Å². The summed E-state index contributed by atoms with van der Waals surface area (Å²) in [6.07, 6.45) is 5.67. The zero-order valence-electron chi connectivity index (χ0n) is 18.5. The van der Waals surface area contributed by atoms with Gasteiger partial charge in [0.1, 0.15) is 9.79 Å². The lowest BCUT2D eigenvalue weighted by molar-refractivity contribution is 0.186. The molecule has 1 fully saturated rings. The van der Waals surface area contributed by atoms with Crippen LogP contribution in [0.4, 0.5) is 5.69 Å². The van der Waals surface area contributed by atoms with E-state index < -0.39 is 42.5 Å². The number of tetrazole rings is 1. The minimum Gasteiger partial charge on any atom is -0.390 e. The predicted molar refractivity (Wildman–Crippen MR) is 124 cm³/mol. The number of hydrogen-bond donors (Lipinski definition) is 5. The number of imidazole rings is 1. The van der Waals surface area contributed by atoms with Crippen molar-refractivity contribution in [2.24, 2.45) is 10.9 Å². The number of rotatable bonds is 9. The second-order valence-corrected chi connectivity index (χ2v) is 11.3. The minimum absolute atomic E-state index is 0.0791. The van der Waals surface area contributed by atoms with Crippen molar-refractivity contribution in [1.29, 1.82) is 0 Å². The van der Waals surface area contributed by atoms with Crippen molar-refractivity contribution in [3.8, 4) is 11.4 Å². The number of piperidine rings is 1.